The van der Waals surface area contributed by atoms with Gasteiger partial charge < -0.3 is 15.8 Å². The first-order valence-electron chi connectivity index (χ1n) is 6.42. The van der Waals surface area contributed by atoms with Crippen molar-refractivity contribution in [1.82, 2.24) is 5.32 Å². The zero-order valence-electron chi connectivity index (χ0n) is 10.9. The molecule has 5 heteroatoms. The van der Waals surface area contributed by atoms with Gasteiger partial charge >= 0.3 is 5.97 Å². The van der Waals surface area contributed by atoms with E-state index in [1.807, 2.05) is 6.92 Å². The van der Waals surface area contributed by atoms with Crippen LogP contribution in [0.25, 0.3) is 0 Å². The molecule has 19 heavy (non-hydrogen) atoms. The van der Waals surface area contributed by atoms with Crippen LogP contribution in [0, 0.1) is 6.92 Å². The highest BCUT2D eigenvalue weighted by Crippen LogP contribution is 2.15. The summed E-state index contributed by atoms with van der Waals surface area (Å²) >= 11 is 0. The summed E-state index contributed by atoms with van der Waals surface area (Å²) in [7, 11) is 0. The van der Waals surface area contributed by atoms with Gasteiger partial charge in [0.2, 0.25) is 0 Å². The molecule has 0 aromatic heterocycles. The molecular weight excluding hydrogens is 244 g/mol. The lowest BCUT2D eigenvalue weighted by Crippen LogP contribution is -2.36. The molecule has 5 nitrogen and oxygen atoms in total. The minimum absolute atomic E-state index is 0.216. The summed E-state index contributed by atoms with van der Waals surface area (Å²) in [5.74, 6) is -0.719. The van der Waals surface area contributed by atoms with Gasteiger partial charge in [-0.25, -0.2) is 4.79 Å². The molecule has 1 saturated heterocycles. The van der Waals surface area contributed by atoms with E-state index in [9.17, 15) is 9.59 Å². The van der Waals surface area contributed by atoms with Crippen molar-refractivity contribution in [2.45, 2.75) is 32.3 Å². The second kappa shape index (κ2) is 5.73. The van der Waals surface area contributed by atoms with E-state index in [1.54, 1.807) is 18.2 Å². The Kier molecular flexibility index (Phi) is 4.04. The Hall–Kier alpha value is -2.04. The summed E-state index contributed by atoms with van der Waals surface area (Å²) in [5.41, 5.74) is 7.48. The number of rotatable bonds is 2. The first-order valence-corrected chi connectivity index (χ1v) is 6.42. The van der Waals surface area contributed by atoms with Gasteiger partial charge in [0, 0.05) is 12.2 Å². The van der Waals surface area contributed by atoms with Crippen molar-refractivity contribution >= 4 is 17.6 Å². The van der Waals surface area contributed by atoms with Gasteiger partial charge in [0.15, 0.2) is 6.10 Å². The average molecular weight is 262 g/mol. The van der Waals surface area contributed by atoms with Crippen LogP contribution in [0.4, 0.5) is 5.69 Å². The van der Waals surface area contributed by atoms with E-state index < -0.39 is 12.1 Å². The topological polar surface area (TPSA) is 81.4 Å². The molecule has 0 spiro atoms. The zero-order chi connectivity index (χ0) is 13.8. The third-order valence-electron chi connectivity index (χ3n) is 3.07. The highest BCUT2D eigenvalue weighted by molar-refractivity contribution is 5.93. The maximum Gasteiger partial charge on any atom is 0.338 e. The lowest BCUT2D eigenvalue weighted by atomic mass is 10.1. The third-order valence-corrected chi connectivity index (χ3v) is 3.07. The average Bonchev–Trinajstić information content (AvgIpc) is 2.54. The first kappa shape index (κ1) is 13.4. The van der Waals surface area contributed by atoms with Crippen LogP contribution >= 0.6 is 0 Å². The maximum atomic E-state index is 12.0. The Labute approximate surface area is 112 Å². The van der Waals surface area contributed by atoms with Gasteiger partial charge in [-0.05, 0) is 49.9 Å². The fourth-order valence-corrected chi connectivity index (χ4v) is 2.15. The number of aryl methyl sites for hydroxylation is 1. The van der Waals surface area contributed by atoms with Crippen molar-refractivity contribution < 1.29 is 14.3 Å². The largest absolute Gasteiger partial charge is 0.449 e. The van der Waals surface area contributed by atoms with Gasteiger partial charge in [-0.2, -0.15) is 0 Å². The summed E-state index contributed by atoms with van der Waals surface area (Å²) in [6.07, 6.45) is 1.65. The quantitative estimate of drug-likeness (QED) is 0.623. The van der Waals surface area contributed by atoms with Gasteiger partial charge in [-0.15, -0.1) is 0 Å². The summed E-state index contributed by atoms with van der Waals surface area (Å²) in [6, 6.07) is 5.03. The maximum absolute atomic E-state index is 12.0. The smallest absolute Gasteiger partial charge is 0.338 e. The summed E-state index contributed by atoms with van der Waals surface area (Å²) in [4.78, 5) is 23.7. The molecule has 1 unspecified atom stereocenters. The highest BCUT2D eigenvalue weighted by atomic mass is 16.5. The number of amides is 1. The molecule has 0 saturated carbocycles. The fourth-order valence-electron chi connectivity index (χ4n) is 2.15. The fraction of sp³-hybridized carbons (Fsp3) is 0.429. The van der Waals surface area contributed by atoms with Crippen LogP contribution in [0.5, 0.6) is 0 Å². The lowest BCUT2D eigenvalue weighted by molar-refractivity contribution is -0.129. The molecule has 0 aliphatic carbocycles. The molecule has 102 valence electrons. The van der Waals surface area contributed by atoms with Crippen LogP contribution in [-0.2, 0) is 9.53 Å². The minimum atomic E-state index is -0.697. The SMILES string of the molecule is Cc1cc(N)cc(C(=O)OC2CCCCNC2=O)c1. The van der Waals surface area contributed by atoms with Crippen molar-refractivity contribution in [1.29, 1.82) is 0 Å². The van der Waals surface area contributed by atoms with Crippen molar-refractivity contribution in [2.75, 3.05) is 12.3 Å². The number of hydrogen-bond acceptors (Lipinski definition) is 4. The molecule has 1 heterocycles. The summed E-state index contributed by atoms with van der Waals surface area (Å²) < 4.78 is 5.27. The molecule has 0 radical (unpaired) electrons. The monoisotopic (exact) mass is 262 g/mol. The summed E-state index contributed by atoms with van der Waals surface area (Å²) in [6.45, 7) is 2.50. The van der Waals surface area contributed by atoms with E-state index in [0.717, 1.165) is 18.4 Å². The molecule has 0 bridgehead atoms. The van der Waals surface area contributed by atoms with E-state index >= 15 is 0 Å². The molecule has 1 amide bonds. The number of carbonyl (C=O) groups is 2. The Morgan fingerprint density at radius 2 is 2.16 bits per heavy atom. The number of benzene rings is 1. The van der Waals surface area contributed by atoms with Crippen LogP contribution in [0.1, 0.15) is 35.2 Å². The standard InChI is InChI=1S/C14H18N2O3/c1-9-6-10(8-11(15)7-9)14(18)19-12-4-2-3-5-16-13(12)17/h6-8,12H,2-5,15H2,1H3,(H,16,17). The number of hydrogen-bond donors (Lipinski definition) is 2. The van der Waals surface area contributed by atoms with E-state index in [1.165, 1.54) is 0 Å². The minimum Gasteiger partial charge on any atom is -0.449 e. The number of carbonyl (C=O) groups excluding carboxylic acids is 2. The molecule has 3 N–H and O–H groups in total. The van der Waals surface area contributed by atoms with Gasteiger partial charge in [0.1, 0.15) is 0 Å². The third kappa shape index (κ3) is 3.47. The van der Waals surface area contributed by atoms with Gasteiger partial charge in [-0.1, -0.05) is 0 Å². The van der Waals surface area contributed by atoms with E-state index in [2.05, 4.69) is 5.32 Å². The predicted octanol–water partition coefficient (Wildman–Crippen LogP) is 1.40. The summed E-state index contributed by atoms with van der Waals surface area (Å²) in [5, 5.41) is 2.73. The Morgan fingerprint density at radius 1 is 1.37 bits per heavy atom. The molecule has 1 aromatic carbocycles. The molecule has 1 aromatic rings. The number of nitrogens with two attached hydrogens (primary N) is 1. The van der Waals surface area contributed by atoms with Crippen LogP contribution in [0.3, 0.4) is 0 Å². The Morgan fingerprint density at radius 3 is 2.89 bits per heavy atom. The van der Waals surface area contributed by atoms with Gasteiger partial charge in [-0.3, -0.25) is 4.79 Å². The van der Waals surface area contributed by atoms with Crippen molar-refractivity contribution in [2.24, 2.45) is 0 Å². The van der Waals surface area contributed by atoms with Crippen LogP contribution in [0.2, 0.25) is 0 Å². The van der Waals surface area contributed by atoms with Crippen molar-refractivity contribution in [3.63, 3.8) is 0 Å². The number of anilines is 1. The van der Waals surface area contributed by atoms with E-state index in [0.29, 0.717) is 24.2 Å². The molecule has 2 rings (SSSR count). The number of ether oxygens (including phenoxy) is 1. The number of nitrogen functional groups attached to an aromatic ring is 1. The lowest BCUT2D eigenvalue weighted by Gasteiger charge is -2.14. The Bertz CT molecular complexity index is 479. The zero-order valence-corrected chi connectivity index (χ0v) is 10.9. The normalized spacial score (nSPS) is 19.4. The second-order valence-corrected chi connectivity index (χ2v) is 4.81. The molecule has 1 atom stereocenters. The van der Waals surface area contributed by atoms with Crippen LogP contribution in [-0.4, -0.2) is 24.5 Å². The predicted molar refractivity (Wildman–Crippen MR) is 71.7 cm³/mol. The molecule has 1 fully saturated rings. The highest BCUT2D eigenvalue weighted by Gasteiger charge is 2.25. The Balaban J connectivity index is 2.09. The number of esters is 1. The van der Waals surface area contributed by atoms with Crippen LogP contribution in [0.15, 0.2) is 18.2 Å². The molecule has 1 aliphatic heterocycles. The van der Waals surface area contributed by atoms with Crippen molar-refractivity contribution in [3.8, 4) is 0 Å². The molecular formula is C14H18N2O3. The van der Waals surface area contributed by atoms with E-state index in [4.69, 9.17) is 10.5 Å². The van der Waals surface area contributed by atoms with E-state index in [-0.39, 0.29) is 5.91 Å². The van der Waals surface area contributed by atoms with Gasteiger partial charge in [0.05, 0.1) is 5.56 Å². The first-order chi connectivity index (χ1) is 9.06. The van der Waals surface area contributed by atoms with Gasteiger partial charge in [0.25, 0.3) is 5.91 Å². The second-order valence-electron chi connectivity index (χ2n) is 4.81. The van der Waals surface area contributed by atoms with Crippen LogP contribution < -0.4 is 11.1 Å². The van der Waals surface area contributed by atoms with Crippen molar-refractivity contribution in [3.05, 3.63) is 29.3 Å². The molecule has 1 aliphatic rings. The number of nitrogens with one attached hydrogen (secondary N) is 1.